The molecule has 1 aliphatic carbocycles. The Labute approximate surface area is 210 Å². The van der Waals surface area contributed by atoms with E-state index < -0.39 is 0 Å². The summed E-state index contributed by atoms with van der Waals surface area (Å²) in [5.41, 5.74) is 1.98. The summed E-state index contributed by atoms with van der Waals surface area (Å²) in [7, 11) is 0. The molecule has 0 atom stereocenters. The molecule has 1 aliphatic rings. The zero-order valence-electron chi connectivity index (χ0n) is 19.3. The van der Waals surface area contributed by atoms with Gasteiger partial charge in [0.05, 0.1) is 22.2 Å². The topological polar surface area (TPSA) is 67.4 Å². The molecule has 3 rings (SSSR count). The predicted octanol–water partition coefficient (Wildman–Crippen LogP) is 7.28. The van der Waals surface area contributed by atoms with Crippen LogP contribution in [0.1, 0.15) is 89.9 Å². The maximum absolute atomic E-state index is 13.0. The fourth-order valence-corrected chi connectivity index (χ4v) is 5.91. The molecule has 0 bridgehead atoms. The normalized spacial score (nSPS) is 12.8. The van der Waals surface area contributed by atoms with E-state index >= 15 is 0 Å². The molecule has 0 spiro atoms. The third kappa shape index (κ3) is 6.65. The number of thiophene rings is 1. The minimum Gasteiger partial charge on any atom is -0.490 e. The molecule has 0 radical (unpaired) electrons. The van der Waals surface area contributed by atoms with Crippen LogP contribution in [-0.2, 0) is 12.8 Å². The lowest BCUT2D eigenvalue weighted by Gasteiger charge is -2.13. The molecule has 0 saturated heterocycles. The lowest BCUT2D eigenvalue weighted by molar-refractivity contribution is 0.0956. The van der Waals surface area contributed by atoms with E-state index in [1.165, 1.54) is 35.5 Å². The molecule has 5 nitrogen and oxygen atoms in total. The quantitative estimate of drug-likeness (QED) is 0.312. The molecule has 0 unspecified atom stereocenters. The largest absolute Gasteiger partial charge is 0.490 e. The van der Waals surface area contributed by atoms with Gasteiger partial charge >= 0.3 is 0 Å². The van der Waals surface area contributed by atoms with Crippen molar-refractivity contribution in [2.75, 3.05) is 18.5 Å². The van der Waals surface area contributed by atoms with E-state index in [0.29, 0.717) is 45.1 Å². The van der Waals surface area contributed by atoms with Crippen LogP contribution in [0.4, 0.5) is 5.00 Å². The number of nitrogens with one attached hydrogen (secondary N) is 2. The van der Waals surface area contributed by atoms with E-state index in [4.69, 9.17) is 27.9 Å². The van der Waals surface area contributed by atoms with Gasteiger partial charge in [-0.05, 0) is 56.7 Å². The summed E-state index contributed by atoms with van der Waals surface area (Å²) in [6.07, 6.45) is 9.57. The molecule has 2 aromatic rings. The molecule has 180 valence electrons. The molecule has 0 fully saturated rings. The third-order valence-electron chi connectivity index (χ3n) is 5.72. The van der Waals surface area contributed by atoms with Crippen LogP contribution in [0.25, 0.3) is 0 Å². The van der Waals surface area contributed by atoms with E-state index in [-0.39, 0.29) is 11.8 Å². The Morgan fingerprint density at radius 3 is 2.39 bits per heavy atom. The third-order valence-corrected chi connectivity index (χ3v) is 7.49. The van der Waals surface area contributed by atoms with E-state index in [1.54, 1.807) is 12.1 Å². The Bertz CT molecular complexity index is 967. The van der Waals surface area contributed by atoms with E-state index in [9.17, 15) is 9.59 Å². The fraction of sp³-hybridized carbons (Fsp3) is 0.520. The highest BCUT2D eigenvalue weighted by atomic mass is 35.5. The van der Waals surface area contributed by atoms with Crippen LogP contribution in [0, 0.1) is 0 Å². The van der Waals surface area contributed by atoms with Crippen molar-refractivity contribution in [2.45, 2.75) is 71.6 Å². The maximum Gasteiger partial charge on any atom is 0.256 e. The molecular weight excluding hydrogens is 479 g/mol. The highest BCUT2D eigenvalue weighted by Crippen LogP contribution is 2.39. The molecule has 2 N–H and O–H groups in total. The second kappa shape index (κ2) is 12.6. The van der Waals surface area contributed by atoms with Crippen molar-refractivity contribution in [1.29, 1.82) is 0 Å². The average molecular weight is 512 g/mol. The van der Waals surface area contributed by atoms with E-state index in [1.807, 2.05) is 6.92 Å². The summed E-state index contributed by atoms with van der Waals surface area (Å²) >= 11 is 14.3. The lowest BCUT2D eigenvalue weighted by atomic mass is 9.95. The van der Waals surface area contributed by atoms with Crippen molar-refractivity contribution in [1.82, 2.24) is 5.32 Å². The van der Waals surface area contributed by atoms with Crippen LogP contribution < -0.4 is 15.4 Å². The smallest absolute Gasteiger partial charge is 0.256 e. The Hall–Kier alpha value is -1.76. The number of carbonyl (C=O) groups excluding carboxylic acids is 2. The summed E-state index contributed by atoms with van der Waals surface area (Å²) in [5, 5.41) is 6.98. The maximum atomic E-state index is 13.0. The first-order chi connectivity index (χ1) is 16.0. The molecule has 1 aromatic carbocycles. The summed E-state index contributed by atoms with van der Waals surface area (Å²) in [5.74, 6) is -0.0972. The van der Waals surface area contributed by atoms with Gasteiger partial charge in [-0.2, -0.15) is 0 Å². The number of ether oxygens (including phenoxy) is 1. The predicted molar refractivity (Wildman–Crippen MR) is 138 cm³/mol. The number of fused-ring (bicyclic) bond motifs is 1. The average Bonchev–Trinajstić information content (AvgIpc) is 3.15. The first-order valence-corrected chi connectivity index (χ1v) is 13.4. The van der Waals surface area contributed by atoms with Gasteiger partial charge in [-0.3, -0.25) is 9.59 Å². The number of hydrogen-bond donors (Lipinski definition) is 2. The van der Waals surface area contributed by atoms with Gasteiger partial charge in [-0.1, -0.05) is 55.8 Å². The number of carbonyl (C=O) groups is 2. The molecule has 0 saturated carbocycles. The summed E-state index contributed by atoms with van der Waals surface area (Å²) in [4.78, 5) is 27.0. The van der Waals surface area contributed by atoms with Gasteiger partial charge in [0, 0.05) is 17.0 Å². The number of amides is 2. The highest BCUT2D eigenvalue weighted by Gasteiger charge is 2.26. The van der Waals surface area contributed by atoms with Crippen LogP contribution >= 0.6 is 34.5 Å². The number of hydrogen-bond acceptors (Lipinski definition) is 4. The zero-order valence-corrected chi connectivity index (χ0v) is 21.7. The van der Waals surface area contributed by atoms with Crippen LogP contribution in [0.5, 0.6) is 5.75 Å². The Morgan fingerprint density at radius 1 is 1.00 bits per heavy atom. The van der Waals surface area contributed by atoms with Gasteiger partial charge < -0.3 is 15.4 Å². The van der Waals surface area contributed by atoms with Crippen LogP contribution in [0.3, 0.4) is 0 Å². The van der Waals surface area contributed by atoms with E-state index in [2.05, 4.69) is 17.6 Å². The molecule has 8 heteroatoms. The van der Waals surface area contributed by atoms with Crippen molar-refractivity contribution in [3.8, 4) is 5.75 Å². The molecule has 1 heterocycles. The first-order valence-electron chi connectivity index (χ1n) is 11.8. The fourth-order valence-electron chi connectivity index (χ4n) is 4.03. The van der Waals surface area contributed by atoms with Crippen molar-refractivity contribution in [3.05, 3.63) is 43.7 Å². The second-order valence-corrected chi connectivity index (χ2v) is 10.2. The van der Waals surface area contributed by atoms with Gasteiger partial charge in [0.2, 0.25) is 0 Å². The van der Waals surface area contributed by atoms with Crippen molar-refractivity contribution in [2.24, 2.45) is 0 Å². The van der Waals surface area contributed by atoms with Crippen molar-refractivity contribution < 1.29 is 14.3 Å². The minimum absolute atomic E-state index is 0.147. The monoisotopic (exact) mass is 510 g/mol. The summed E-state index contributed by atoms with van der Waals surface area (Å²) < 4.78 is 5.79. The Balaban J connectivity index is 1.73. The Morgan fingerprint density at radius 2 is 1.70 bits per heavy atom. The van der Waals surface area contributed by atoms with Crippen LogP contribution in [0.2, 0.25) is 10.0 Å². The highest BCUT2D eigenvalue weighted by molar-refractivity contribution is 7.17. The van der Waals surface area contributed by atoms with Gasteiger partial charge in [-0.25, -0.2) is 0 Å². The molecule has 33 heavy (non-hydrogen) atoms. The molecule has 2 amide bonds. The second-order valence-electron chi connectivity index (χ2n) is 8.26. The number of benzene rings is 1. The molecule has 1 aromatic heterocycles. The van der Waals surface area contributed by atoms with Crippen LogP contribution in [-0.4, -0.2) is 25.0 Å². The van der Waals surface area contributed by atoms with Gasteiger partial charge in [-0.15, -0.1) is 11.3 Å². The number of unbranched alkanes of at least 4 members (excludes halogenated alkanes) is 4. The summed E-state index contributed by atoms with van der Waals surface area (Å²) in [6, 6.07) is 3.13. The van der Waals surface area contributed by atoms with E-state index in [0.717, 1.165) is 44.1 Å². The zero-order chi connectivity index (χ0) is 23.8. The van der Waals surface area contributed by atoms with Gasteiger partial charge in [0.15, 0.2) is 5.75 Å². The number of anilines is 1. The minimum atomic E-state index is -0.353. The lowest BCUT2D eigenvalue weighted by Crippen LogP contribution is -2.25. The standard InChI is InChI=1S/C25H32Cl2N2O3S/c1-3-5-6-7-10-13-32-22-18(26)14-16(15-19(22)27)23(30)29-25-21(24(31)28-4-2)17-11-8-9-12-20(17)33-25/h14-15H,3-13H2,1-2H3,(H,28,31)(H,29,30). The molecule has 0 aliphatic heterocycles. The van der Waals surface area contributed by atoms with Crippen molar-refractivity contribution >= 4 is 51.4 Å². The number of aryl methyl sites for hydroxylation is 1. The molecular formula is C25H32Cl2N2O3S. The number of rotatable bonds is 11. The van der Waals surface area contributed by atoms with Gasteiger partial charge in [0.25, 0.3) is 11.8 Å². The first kappa shape index (κ1) is 25.9. The Kier molecular flexibility index (Phi) is 9.90. The summed E-state index contributed by atoms with van der Waals surface area (Å²) in [6.45, 7) is 5.13. The number of halogens is 2. The van der Waals surface area contributed by atoms with Crippen LogP contribution in [0.15, 0.2) is 12.1 Å². The van der Waals surface area contributed by atoms with Gasteiger partial charge in [0.1, 0.15) is 5.00 Å². The SMILES string of the molecule is CCCCCCCOc1c(Cl)cc(C(=O)Nc2sc3c(c2C(=O)NCC)CCCC3)cc1Cl. The van der Waals surface area contributed by atoms with Crippen molar-refractivity contribution in [3.63, 3.8) is 0 Å².